The maximum atomic E-state index is 12.8. The van der Waals surface area contributed by atoms with Crippen molar-refractivity contribution < 1.29 is 9.59 Å². The van der Waals surface area contributed by atoms with Crippen LogP contribution in [0.5, 0.6) is 0 Å². The summed E-state index contributed by atoms with van der Waals surface area (Å²) >= 11 is 0. The number of nitrogens with zero attached hydrogens (tertiary/aromatic N) is 2. The number of piperidine rings is 1. The third kappa shape index (κ3) is 4.04. The zero-order valence-corrected chi connectivity index (χ0v) is 15.1. The molecular formula is C19H33N3O2. The average molecular weight is 335 g/mol. The topological polar surface area (TPSA) is 52.7 Å². The van der Waals surface area contributed by atoms with Crippen LogP contribution in [0.3, 0.4) is 0 Å². The molecule has 1 unspecified atom stereocenters. The Morgan fingerprint density at radius 2 is 1.38 bits per heavy atom. The van der Waals surface area contributed by atoms with Gasteiger partial charge in [-0.15, -0.1) is 0 Å². The molecule has 0 bridgehead atoms. The van der Waals surface area contributed by atoms with E-state index in [-0.39, 0.29) is 6.03 Å². The van der Waals surface area contributed by atoms with E-state index < -0.39 is 0 Å². The lowest BCUT2D eigenvalue weighted by Crippen LogP contribution is -2.44. The second-order valence-electron chi connectivity index (χ2n) is 7.90. The van der Waals surface area contributed by atoms with Crippen LogP contribution >= 0.6 is 0 Å². The average Bonchev–Trinajstić information content (AvgIpc) is 2.96. The van der Waals surface area contributed by atoms with Crippen LogP contribution in [-0.2, 0) is 4.79 Å². The van der Waals surface area contributed by atoms with Crippen LogP contribution in [0.4, 0.5) is 4.79 Å². The maximum Gasteiger partial charge on any atom is 0.317 e. The Morgan fingerprint density at radius 1 is 0.792 bits per heavy atom. The van der Waals surface area contributed by atoms with Gasteiger partial charge in [0.05, 0.1) is 0 Å². The largest absolute Gasteiger partial charge is 0.342 e. The van der Waals surface area contributed by atoms with Crippen LogP contribution in [0.25, 0.3) is 0 Å². The fourth-order valence-electron chi connectivity index (χ4n) is 4.89. The zero-order valence-electron chi connectivity index (χ0n) is 15.1. The Bertz CT molecular complexity index is 438. The van der Waals surface area contributed by atoms with Gasteiger partial charge >= 0.3 is 6.03 Å². The number of hydrogen-bond donors (Lipinski definition) is 1. The van der Waals surface area contributed by atoms with E-state index in [0.29, 0.717) is 23.7 Å². The van der Waals surface area contributed by atoms with Gasteiger partial charge in [0.15, 0.2) is 0 Å². The normalized spacial score (nSPS) is 27.1. The Kier molecular flexibility index (Phi) is 6.01. The number of carbonyl (C=O) groups excluding carboxylic acids is 2. The summed E-state index contributed by atoms with van der Waals surface area (Å²) in [5.74, 6) is 2.05. The number of likely N-dealkylation sites (tertiary alicyclic amines) is 2. The summed E-state index contributed by atoms with van der Waals surface area (Å²) in [4.78, 5) is 28.6. The van der Waals surface area contributed by atoms with Crippen molar-refractivity contribution in [1.82, 2.24) is 15.1 Å². The van der Waals surface area contributed by atoms with Gasteiger partial charge in [-0.3, -0.25) is 4.79 Å². The van der Waals surface area contributed by atoms with Crippen LogP contribution in [-0.4, -0.2) is 55.0 Å². The Morgan fingerprint density at radius 3 is 2.00 bits per heavy atom. The molecule has 0 radical (unpaired) electrons. The highest BCUT2D eigenvalue weighted by atomic mass is 16.2. The molecule has 1 aliphatic carbocycles. The van der Waals surface area contributed by atoms with Crippen molar-refractivity contribution in [1.29, 1.82) is 0 Å². The zero-order chi connectivity index (χ0) is 16.9. The number of amides is 3. The molecule has 3 fully saturated rings. The van der Waals surface area contributed by atoms with Crippen molar-refractivity contribution in [2.75, 3.05) is 33.2 Å². The predicted molar refractivity (Wildman–Crippen MR) is 94.6 cm³/mol. The molecule has 0 spiro atoms. The van der Waals surface area contributed by atoms with E-state index in [0.717, 1.165) is 58.3 Å². The first-order valence-electron chi connectivity index (χ1n) is 9.94. The lowest BCUT2D eigenvalue weighted by Gasteiger charge is -2.34. The van der Waals surface area contributed by atoms with E-state index in [1.165, 1.54) is 25.7 Å². The highest BCUT2D eigenvalue weighted by Crippen LogP contribution is 2.33. The summed E-state index contributed by atoms with van der Waals surface area (Å²) < 4.78 is 0. The number of rotatable bonds is 2. The van der Waals surface area contributed by atoms with Crippen molar-refractivity contribution in [3.05, 3.63) is 0 Å². The lowest BCUT2D eigenvalue weighted by atomic mass is 9.84. The summed E-state index contributed by atoms with van der Waals surface area (Å²) in [5.41, 5.74) is 0. The van der Waals surface area contributed by atoms with Gasteiger partial charge in [0.2, 0.25) is 5.91 Å². The summed E-state index contributed by atoms with van der Waals surface area (Å²) in [6.45, 7) is 3.63. The van der Waals surface area contributed by atoms with Crippen molar-refractivity contribution in [2.45, 2.75) is 57.8 Å². The summed E-state index contributed by atoms with van der Waals surface area (Å²) in [6, 6.07) is 0.0463. The fraction of sp³-hybridized carbons (Fsp3) is 0.895. The van der Waals surface area contributed by atoms with Crippen molar-refractivity contribution in [3.63, 3.8) is 0 Å². The first-order valence-corrected chi connectivity index (χ1v) is 9.94. The molecule has 136 valence electrons. The Hall–Kier alpha value is -1.26. The summed E-state index contributed by atoms with van der Waals surface area (Å²) in [7, 11) is 1.70. The third-order valence-electron chi connectivity index (χ3n) is 6.45. The molecule has 1 atom stereocenters. The highest BCUT2D eigenvalue weighted by molar-refractivity contribution is 5.79. The molecule has 2 aliphatic heterocycles. The minimum atomic E-state index is 0.0463. The smallest absolute Gasteiger partial charge is 0.317 e. The lowest BCUT2D eigenvalue weighted by molar-refractivity contribution is -0.135. The number of nitrogens with one attached hydrogen (secondary N) is 1. The molecule has 0 aromatic carbocycles. The van der Waals surface area contributed by atoms with Crippen LogP contribution in [0, 0.1) is 17.8 Å². The number of carbonyl (C=O) groups is 2. The molecule has 1 saturated carbocycles. The summed E-state index contributed by atoms with van der Waals surface area (Å²) in [6.07, 6.45) is 10.6. The highest BCUT2D eigenvalue weighted by Gasteiger charge is 2.36. The van der Waals surface area contributed by atoms with Crippen molar-refractivity contribution >= 4 is 11.9 Å². The minimum Gasteiger partial charge on any atom is -0.342 e. The van der Waals surface area contributed by atoms with Crippen LogP contribution in [0.15, 0.2) is 0 Å². The maximum absolute atomic E-state index is 12.8. The molecule has 1 N–H and O–H groups in total. The number of urea groups is 1. The molecule has 3 aliphatic rings. The van der Waals surface area contributed by atoms with Crippen molar-refractivity contribution in [2.24, 2.45) is 17.8 Å². The molecule has 3 amide bonds. The molecule has 24 heavy (non-hydrogen) atoms. The van der Waals surface area contributed by atoms with Gasteiger partial charge in [-0.25, -0.2) is 4.79 Å². The minimum absolute atomic E-state index is 0.0463. The molecule has 5 heteroatoms. The van der Waals surface area contributed by atoms with Crippen LogP contribution in [0.2, 0.25) is 0 Å². The van der Waals surface area contributed by atoms with E-state index in [1.807, 2.05) is 4.90 Å². The molecule has 3 rings (SSSR count). The summed E-state index contributed by atoms with van der Waals surface area (Å²) in [5, 5.41) is 2.72. The van der Waals surface area contributed by atoms with E-state index in [2.05, 4.69) is 10.2 Å². The third-order valence-corrected chi connectivity index (χ3v) is 6.45. The van der Waals surface area contributed by atoms with Gasteiger partial charge in [0.25, 0.3) is 0 Å². The Labute approximate surface area is 146 Å². The van der Waals surface area contributed by atoms with Crippen LogP contribution in [0.1, 0.15) is 57.8 Å². The van der Waals surface area contributed by atoms with Gasteiger partial charge in [0.1, 0.15) is 0 Å². The van der Waals surface area contributed by atoms with E-state index in [1.54, 1.807) is 7.05 Å². The predicted octanol–water partition coefficient (Wildman–Crippen LogP) is 2.86. The quantitative estimate of drug-likeness (QED) is 0.789. The van der Waals surface area contributed by atoms with Gasteiger partial charge in [0, 0.05) is 39.1 Å². The van der Waals surface area contributed by atoms with E-state index in [4.69, 9.17) is 0 Å². The monoisotopic (exact) mass is 335 g/mol. The van der Waals surface area contributed by atoms with Gasteiger partial charge < -0.3 is 15.1 Å². The van der Waals surface area contributed by atoms with Crippen molar-refractivity contribution in [3.8, 4) is 0 Å². The molecule has 0 aromatic heterocycles. The standard InChI is InChI=1S/C19H33N3O2/c1-20-19(24)21-11-8-15(9-12-21)17-10-13-22(14-17)18(23)16-6-4-2-3-5-7-16/h15-17H,2-14H2,1H3,(H,20,24). The molecule has 2 heterocycles. The second-order valence-corrected chi connectivity index (χ2v) is 7.90. The number of hydrogen-bond acceptors (Lipinski definition) is 2. The van der Waals surface area contributed by atoms with Gasteiger partial charge in [-0.05, 0) is 43.9 Å². The molecule has 5 nitrogen and oxygen atoms in total. The van der Waals surface area contributed by atoms with Gasteiger partial charge in [-0.2, -0.15) is 0 Å². The van der Waals surface area contributed by atoms with Gasteiger partial charge in [-0.1, -0.05) is 25.7 Å². The van der Waals surface area contributed by atoms with E-state index >= 15 is 0 Å². The van der Waals surface area contributed by atoms with E-state index in [9.17, 15) is 9.59 Å². The van der Waals surface area contributed by atoms with Crippen LogP contribution < -0.4 is 5.32 Å². The SMILES string of the molecule is CNC(=O)N1CCC(C2CCN(C(=O)C3CCCCCC3)C2)CC1. The molecule has 0 aromatic rings. The Balaban J connectivity index is 1.47. The molecular weight excluding hydrogens is 302 g/mol. The first-order chi connectivity index (χ1) is 11.7. The first kappa shape index (κ1) is 17.6. The molecule has 2 saturated heterocycles. The fourth-order valence-corrected chi connectivity index (χ4v) is 4.89. The second kappa shape index (κ2) is 8.21.